The molecule has 0 fully saturated rings. The maximum atomic E-state index is 13.9. The molecule has 0 amide bonds. The van der Waals surface area contributed by atoms with Gasteiger partial charge < -0.3 is 14.4 Å². The van der Waals surface area contributed by atoms with Crippen molar-refractivity contribution in [2.24, 2.45) is 5.92 Å². The number of benzene rings is 2. The van der Waals surface area contributed by atoms with Gasteiger partial charge in [0.1, 0.15) is 0 Å². The number of aromatic nitrogens is 1. The van der Waals surface area contributed by atoms with Crippen LogP contribution in [0.5, 0.6) is 5.75 Å². The number of ether oxygens (including phenoxy) is 1. The molecule has 1 atom stereocenters. The van der Waals surface area contributed by atoms with E-state index in [1.54, 1.807) is 18.2 Å². The number of carbonyl (C=O) groups is 1. The molecule has 0 unspecified atom stereocenters. The molecule has 1 heterocycles. The Hall–Kier alpha value is -3.33. The summed E-state index contributed by atoms with van der Waals surface area (Å²) in [7, 11) is 0. The van der Waals surface area contributed by atoms with Crippen LogP contribution in [-0.4, -0.2) is 21.7 Å². The normalized spacial score (nSPS) is 15.4. The molecule has 0 spiro atoms. The first kappa shape index (κ1) is 20.0. The molecule has 0 radical (unpaired) electrons. The zero-order chi connectivity index (χ0) is 21.4. The lowest BCUT2D eigenvalue weighted by Crippen LogP contribution is -2.16. The second kappa shape index (κ2) is 7.83. The summed E-state index contributed by atoms with van der Waals surface area (Å²) in [6.07, 6.45) is 1.59. The minimum absolute atomic E-state index is 0.115. The highest BCUT2D eigenvalue weighted by Gasteiger charge is 2.30. The fraction of sp³-hybridized carbons (Fsp3) is 0.333. The van der Waals surface area contributed by atoms with Gasteiger partial charge in [0.25, 0.3) is 0 Å². The maximum absolute atomic E-state index is 13.9. The van der Waals surface area contributed by atoms with Crippen molar-refractivity contribution >= 4 is 16.9 Å². The van der Waals surface area contributed by atoms with Crippen molar-refractivity contribution in [3.05, 3.63) is 64.6 Å². The predicted molar refractivity (Wildman–Crippen MR) is 111 cm³/mol. The summed E-state index contributed by atoms with van der Waals surface area (Å²) in [6, 6.07) is 12.2. The number of hydrogen-bond acceptors (Lipinski definition) is 4. The SMILES string of the molecule is CC(C)OC(=O)C[C@H]1Cc2c(n(Cc3cccc(F)c3O)c3ccc(C#N)cc23)C1. The Labute approximate surface area is 174 Å². The molecule has 154 valence electrons. The summed E-state index contributed by atoms with van der Waals surface area (Å²) >= 11 is 0. The highest BCUT2D eigenvalue weighted by Crippen LogP contribution is 2.38. The Morgan fingerprint density at radius 2 is 2.13 bits per heavy atom. The number of rotatable bonds is 5. The molecule has 1 aliphatic rings. The number of halogens is 1. The maximum Gasteiger partial charge on any atom is 0.306 e. The van der Waals surface area contributed by atoms with Crippen LogP contribution in [0.1, 0.15) is 42.7 Å². The van der Waals surface area contributed by atoms with Gasteiger partial charge in [-0.05, 0) is 62.4 Å². The lowest BCUT2D eigenvalue weighted by molar-refractivity contribution is -0.148. The monoisotopic (exact) mass is 406 g/mol. The standard InChI is InChI=1S/C24H23FN2O3/c1-14(2)30-23(28)11-16-9-19-18-8-15(12-26)6-7-21(18)27(22(19)10-16)13-17-4-3-5-20(25)24(17)29/h3-8,14,16,29H,9-11,13H2,1-2H3/t16-/m0/s1. The van der Waals surface area contributed by atoms with Crippen LogP contribution in [0.25, 0.3) is 10.9 Å². The molecule has 2 aromatic carbocycles. The summed E-state index contributed by atoms with van der Waals surface area (Å²) in [4.78, 5) is 12.2. The molecule has 5 nitrogen and oxygen atoms in total. The van der Waals surface area contributed by atoms with Crippen LogP contribution in [-0.2, 0) is 28.9 Å². The van der Waals surface area contributed by atoms with Crippen LogP contribution in [0, 0.1) is 23.1 Å². The fourth-order valence-electron chi connectivity index (χ4n) is 4.37. The fourth-order valence-corrected chi connectivity index (χ4v) is 4.37. The second-order valence-corrected chi connectivity index (χ2v) is 8.12. The van der Waals surface area contributed by atoms with Crippen LogP contribution in [0.3, 0.4) is 0 Å². The van der Waals surface area contributed by atoms with Gasteiger partial charge in [-0.2, -0.15) is 5.26 Å². The average molecular weight is 406 g/mol. The Balaban J connectivity index is 1.73. The smallest absolute Gasteiger partial charge is 0.306 e. The van der Waals surface area contributed by atoms with Gasteiger partial charge in [0.2, 0.25) is 0 Å². The molecular weight excluding hydrogens is 383 g/mol. The highest BCUT2D eigenvalue weighted by atomic mass is 19.1. The molecule has 4 rings (SSSR count). The molecule has 0 bridgehead atoms. The van der Waals surface area contributed by atoms with Crippen molar-refractivity contribution in [3.8, 4) is 11.8 Å². The van der Waals surface area contributed by atoms with E-state index in [4.69, 9.17) is 4.74 Å². The van der Waals surface area contributed by atoms with Crippen LogP contribution in [0.4, 0.5) is 4.39 Å². The number of nitriles is 1. The van der Waals surface area contributed by atoms with Gasteiger partial charge in [-0.1, -0.05) is 12.1 Å². The quantitative estimate of drug-likeness (QED) is 0.635. The van der Waals surface area contributed by atoms with Crippen molar-refractivity contribution in [2.75, 3.05) is 0 Å². The molecular formula is C24H23FN2O3. The predicted octanol–water partition coefficient (Wildman–Crippen LogP) is 4.46. The van der Waals surface area contributed by atoms with Crippen molar-refractivity contribution in [2.45, 2.75) is 45.8 Å². The molecule has 1 aromatic heterocycles. The van der Waals surface area contributed by atoms with Crippen LogP contribution in [0.2, 0.25) is 0 Å². The topological polar surface area (TPSA) is 75.2 Å². The minimum atomic E-state index is -0.651. The van der Waals surface area contributed by atoms with Crippen LogP contribution < -0.4 is 0 Å². The number of para-hydroxylation sites is 1. The van der Waals surface area contributed by atoms with Gasteiger partial charge >= 0.3 is 5.97 Å². The molecule has 30 heavy (non-hydrogen) atoms. The summed E-state index contributed by atoms with van der Waals surface area (Å²) in [5, 5.41) is 20.4. The molecule has 0 saturated carbocycles. The van der Waals surface area contributed by atoms with Crippen molar-refractivity contribution in [1.29, 1.82) is 5.26 Å². The first-order chi connectivity index (χ1) is 14.4. The van der Waals surface area contributed by atoms with E-state index >= 15 is 0 Å². The number of esters is 1. The minimum Gasteiger partial charge on any atom is -0.505 e. The Kier molecular flexibility index (Phi) is 5.21. The van der Waals surface area contributed by atoms with E-state index in [9.17, 15) is 19.6 Å². The molecule has 6 heteroatoms. The first-order valence-corrected chi connectivity index (χ1v) is 10.1. The van der Waals surface area contributed by atoms with Crippen molar-refractivity contribution in [3.63, 3.8) is 0 Å². The average Bonchev–Trinajstić information content (AvgIpc) is 3.22. The van der Waals surface area contributed by atoms with Gasteiger partial charge in [-0.25, -0.2) is 4.39 Å². The molecule has 1 N–H and O–H groups in total. The zero-order valence-corrected chi connectivity index (χ0v) is 17.0. The number of aromatic hydroxyl groups is 1. The van der Waals surface area contributed by atoms with E-state index in [2.05, 4.69) is 10.6 Å². The van der Waals surface area contributed by atoms with Crippen molar-refractivity contribution < 1.29 is 19.0 Å². The molecule has 3 aromatic rings. The van der Waals surface area contributed by atoms with E-state index in [0.29, 0.717) is 30.5 Å². The Morgan fingerprint density at radius 3 is 2.87 bits per heavy atom. The van der Waals surface area contributed by atoms with Gasteiger partial charge in [0.15, 0.2) is 11.6 Å². The summed E-state index contributed by atoms with van der Waals surface area (Å²) in [5.41, 5.74) is 4.16. The van der Waals surface area contributed by atoms with E-state index in [1.165, 1.54) is 6.07 Å². The third kappa shape index (κ3) is 3.63. The van der Waals surface area contributed by atoms with Gasteiger partial charge in [0, 0.05) is 28.6 Å². The van der Waals surface area contributed by atoms with Gasteiger partial charge in [-0.3, -0.25) is 4.79 Å². The van der Waals surface area contributed by atoms with Gasteiger partial charge in [-0.15, -0.1) is 0 Å². The third-order valence-corrected chi connectivity index (χ3v) is 5.61. The van der Waals surface area contributed by atoms with E-state index < -0.39 is 5.82 Å². The van der Waals surface area contributed by atoms with Crippen LogP contribution in [0.15, 0.2) is 36.4 Å². The lowest BCUT2D eigenvalue weighted by Gasteiger charge is -2.14. The Morgan fingerprint density at radius 1 is 1.33 bits per heavy atom. The molecule has 0 aliphatic heterocycles. The summed E-state index contributed by atoms with van der Waals surface area (Å²) in [5.74, 6) is -1.10. The zero-order valence-electron chi connectivity index (χ0n) is 17.0. The summed E-state index contributed by atoms with van der Waals surface area (Å²) < 4.78 is 21.2. The van der Waals surface area contributed by atoms with Gasteiger partial charge in [0.05, 0.1) is 24.3 Å². The highest BCUT2D eigenvalue weighted by molar-refractivity contribution is 5.88. The number of nitrogens with zero attached hydrogens (tertiary/aromatic N) is 2. The third-order valence-electron chi connectivity index (χ3n) is 5.61. The lowest BCUT2D eigenvalue weighted by atomic mass is 10.0. The second-order valence-electron chi connectivity index (χ2n) is 8.12. The number of fused-ring (bicyclic) bond motifs is 3. The van der Waals surface area contributed by atoms with E-state index in [-0.39, 0.29) is 23.7 Å². The largest absolute Gasteiger partial charge is 0.505 e. The Bertz CT molecular complexity index is 1170. The molecule has 0 saturated heterocycles. The number of hydrogen-bond donors (Lipinski definition) is 1. The summed E-state index contributed by atoms with van der Waals surface area (Å²) in [6.45, 7) is 3.97. The molecule has 1 aliphatic carbocycles. The van der Waals surface area contributed by atoms with Crippen LogP contribution >= 0.6 is 0 Å². The number of carbonyl (C=O) groups excluding carboxylic acids is 1. The van der Waals surface area contributed by atoms with Crippen molar-refractivity contribution in [1.82, 2.24) is 4.57 Å². The number of phenols is 1. The first-order valence-electron chi connectivity index (χ1n) is 10.1. The van der Waals surface area contributed by atoms with E-state index in [1.807, 2.05) is 26.0 Å². The van der Waals surface area contributed by atoms with E-state index in [0.717, 1.165) is 28.6 Å². The number of phenolic OH excluding ortho intramolecular Hbond substituents is 1.